The van der Waals surface area contributed by atoms with E-state index in [0.717, 1.165) is 6.26 Å². The van der Waals surface area contributed by atoms with Crippen LogP contribution in [0.2, 0.25) is 0 Å². The molecule has 0 saturated carbocycles. The molecule has 0 spiro atoms. The Morgan fingerprint density at radius 1 is 0.833 bits per heavy atom. The van der Waals surface area contributed by atoms with Gasteiger partial charge in [0.25, 0.3) is 11.9 Å². The monoisotopic (exact) mass is 606 g/mol. The minimum atomic E-state index is -4.20. The maximum Gasteiger partial charge on any atom is 0.305 e. The van der Waals surface area contributed by atoms with Crippen molar-refractivity contribution in [1.29, 1.82) is 0 Å². The van der Waals surface area contributed by atoms with Crippen LogP contribution in [0.25, 0.3) is 17.4 Å². The number of sulfonamides is 2. The van der Waals surface area contributed by atoms with Crippen molar-refractivity contribution in [2.75, 3.05) is 15.7 Å². The van der Waals surface area contributed by atoms with Crippen LogP contribution in [0.15, 0.2) is 0 Å². The van der Waals surface area contributed by atoms with Gasteiger partial charge in [-0.3, -0.25) is 9.82 Å². The van der Waals surface area contributed by atoms with Gasteiger partial charge in [-0.05, 0) is 29.8 Å². The standard InChI is InChI=1S/C26H26N10O4S2/c1-9-10-11-12-13-14-15-42(39,40)34-24-30-28-22-18(20(26(5,6)7)32-36(22)24)16-17-19(25(2,3)4)31-35-21(17)27-29-23(35)33-41(8,37)38/h1,16,27H,2-8H3,(H,29,33)(H,30,34)/b18-16-. The van der Waals surface area contributed by atoms with Crippen molar-refractivity contribution in [1.82, 2.24) is 39.6 Å². The Morgan fingerprint density at radius 3 is 2.07 bits per heavy atom. The maximum atomic E-state index is 12.6. The molecule has 0 aliphatic heterocycles. The lowest BCUT2D eigenvalue weighted by Gasteiger charge is -2.17. The van der Waals surface area contributed by atoms with Gasteiger partial charge in [0.05, 0.1) is 22.9 Å². The van der Waals surface area contributed by atoms with Gasteiger partial charge in [0, 0.05) is 33.5 Å². The second-order valence-electron chi connectivity index (χ2n) is 11.1. The van der Waals surface area contributed by atoms with Gasteiger partial charge in [0.1, 0.15) is 0 Å². The molecule has 0 aromatic carbocycles. The Kier molecular flexibility index (Phi) is 7.43. The molecule has 0 bridgehead atoms. The number of fused-ring (bicyclic) bond motifs is 2. The first kappa shape index (κ1) is 29.9. The average molecular weight is 607 g/mol. The number of terminal acetylenes is 1. The summed E-state index contributed by atoms with van der Waals surface area (Å²) in [5.74, 6) is 13.3. The highest BCUT2D eigenvalue weighted by Gasteiger charge is 2.29. The van der Waals surface area contributed by atoms with Crippen LogP contribution in [0.1, 0.15) is 58.5 Å². The van der Waals surface area contributed by atoms with Crippen LogP contribution in [0, 0.1) is 47.2 Å². The minimum absolute atomic E-state index is 0.00691. The third-order valence-electron chi connectivity index (χ3n) is 5.45. The molecule has 16 heteroatoms. The molecule has 42 heavy (non-hydrogen) atoms. The van der Waals surface area contributed by atoms with Crippen molar-refractivity contribution in [2.24, 2.45) is 0 Å². The van der Waals surface area contributed by atoms with Crippen molar-refractivity contribution in [2.45, 2.75) is 52.4 Å². The summed E-state index contributed by atoms with van der Waals surface area (Å²) in [6.07, 6.45) is 7.81. The lowest BCUT2D eigenvalue weighted by molar-refractivity contribution is 0.558. The van der Waals surface area contributed by atoms with Crippen molar-refractivity contribution in [3.05, 3.63) is 22.2 Å². The van der Waals surface area contributed by atoms with Crippen LogP contribution in [0.4, 0.5) is 11.9 Å². The quantitative estimate of drug-likeness (QED) is 0.270. The van der Waals surface area contributed by atoms with E-state index < -0.39 is 30.9 Å². The predicted octanol–water partition coefficient (Wildman–Crippen LogP) is 0.352. The van der Waals surface area contributed by atoms with Crippen LogP contribution in [0.5, 0.6) is 0 Å². The third kappa shape index (κ3) is 6.31. The summed E-state index contributed by atoms with van der Waals surface area (Å²) >= 11 is 0. The van der Waals surface area contributed by atoms with Gasteiger partial charge in [-0.15, -0.1) is 21.7 Å². The first-order chi connectivity index (χ1) is 19.4. The lowest BCUT2D eigenvalue weighted by Crippen LogP contribution is -2.22. The highest BCUT2D eigenvalue weighted by Crippen LogP contribution is 2.30. The first-order valence-electron chi connectivity index (χ1n) is 12.1. The first-order valence-corrected chi connectivity index (χ1v) is 15.5. The number of aromatic nitrogens is 8. The molecule has 4 rings (SSSR count). The molecule has 0 saturated heterocycles. The number of nitrogens with one attached hydrogen (secondary N) is 3. The van der Waals surface area contributed by atoms with Crippen LogP contribution in [-0.4, -0.2) is 62.7 Å². The molecule has 3 N–H and O–H groups in total. The number of nitrogens with zero attached hydrogens (tertiary/aromatic N) is 7. The molecule has 0 amide bonds. The molecular formula is C26H26N10O4S2. The fourth-order valence-corrected chi connectivity index (χ4v) is 4.90. The van der Waals surface area contributed by atoms with E-state index in [4.69, 9.17) is 6.42 Å². The summed E-state index contributed by atoms with van der Waals surface area (Å²) in [7, 11) is -7.83. The molecular weight excluding hydrogens is 580 g/mol. The van der Waals surface area contributed by atoms with Crippen molar-refractivity contribution >= 4 is 49.3 Å². The Balaban J connectivity index is 1.92. The number of H-pyrrole nitrogens is 1. The molecule has 0 fully saturated rings. The van der Waals surface area contributed by atoms with Crippen LogP contribution < -0.4 is 14.7 Å². The number of aromatic amines is 1. The topological polar surface area (TPSA) is 181 Å². The van der Waals surface area contributed by atoms with Gasteiger partial charge in [0.15, 0.2) is 11.3 Å². The second kappa shape index (κ2) is 10.4. The highest BCUT2D eigenvalue weighted by molar-refractivity contribution is 7.97. The molecule has 0 aliphatic rings. The van der Waals surface area contributed by atoms with Gasteiger partial charge in [-0.1, -0.05) is 41.5 Å². The summed E-state index contributed by atoms with van der Waals surface area (Å²) in [6, 6.07) is 0. The van der Waals surface area contributed by atoms with E-state index in [1.165, 1.54) is 9.03 Å². The minimum Gasteiger partial charge on any atom is -0.257 e. The van der Waals surface area contributed by atoms with E-state index in [0.29, 0.717) is 27.8 Å². The summed E-state index contributed by atoms with van der Waals surface area (Å²) in [4.78, 5) is 0. The maximum absolute atomic E-state index is 12.6. The zero-order valence-electron chi connectivity index (χ0n) is 23.7. The van der Waals surface area contributed by atoms with E-state index in [9.17, 15) is 16.8 Å². The zero-order chi connectivity index (χ0) is 31.1. The van der Waals surface area contributed by atoms with Crippen LogP contribution in [0.3, 0.4) is 0 Å². The molecule has 4 aromatic heterocycles. The normalized spacial score (nSPS) is 12.6. The van der Waals surface area contributed by atoms with E-state index in [1.807, 2.05) is 46.8 Å². The molecule has 0 atom stereocenters. The molecule has 4 aromatic rings. The van der Waals surface area contributed by atoms with E-state index >= 15 is 0 Å². The van der Waals surface area contributed by atoms with Crippen LogP contribution in [-0.2, 0) is 30.9 Å². The van der Waals surface area contributed by atoms with E-state index in [1.54, 1.807) is 6.08 Å². The SMILES string of the molecule is C#CC#CC#CC#CS(=O)(=O)Nc1nnc2/c(=C\c3c(C(C)(C)C)nn4c(NS(C)(=O)=O)n[nH]c34)c(C(C)(C)C)nn12. The van der Waals surface area contributed by atoms with Gasteiger partial charge < -0.3 is 0 Å². The Morgan fingerprint density at radius 2 is 1.45 bits per heavy atom. The number of hydrogen-bond acceptors (Lipinski definition) is 9. The Labute approximate surface area is 242 Å². The fraction of sp³-hybridized carbons (Fsp3) is 0.346. The second-order valence-corrected chi connectivity index (χ2v) is 14.3. The lowest BCUT2D eigenvalue weighted by atomic mass is 9.88. The third-order valence-corrected chi connectivity index (χ3v) is 6.82. The highest BCUT2D eigenvalue weighted by atomic mass is 32.2. The van der Waals surface area contributed by atoms with Crippen molar-refractivity contribution < 1.29 is 16.8 Å². The molecule has 0 unspecified atom stereocenters. The van der Waals surface area contributed by atoms with Gasteiger partial charge in [0.2, 0.25) is 10.0 Å². The van der Waals surface area contributed by atoms with E-state index in [-0.39, 0.29) is 17.5 Å². The number of rotatable bonds is 5. The van der Waals surface area contributed by atoms with Crippen LogP contribution >= 0.6 is 0 Å². The number of anilines is 2. The fourth-order valence-electron chi connectivity index (χ4n) is 3.83. The summed E-state index contributed by atoms with van der Waals surface area (Å²) < 4.78 is 56.2. The van der Waals surface area contributed by atoms with Gasteiger partial charge in [-0.2, -0.15) is 27.6 Å². The van der Waals surface area contributed by atoms with Crippen molar-refractivity contribution in [3.8, 4) is 47.2 Å². The zero-order valence-corrected chi connectivity index (χ0v) is 25.4. The predicted molar refractivity (Wildman–Crippen MR) is 157 cm³/mol. The van der Waals surface area contributed by atoms with Gasteiger partial charge in [-0.25, -0.2) is 13.1 Å². The molecule has 0 aliphatic carbocycles. The molecule has 14 nitrogen and oxygen atoms in total. The largest absolute Gasteiger partial charge is 0.305 e. The Hall–Kier alpha value is -5.03. The molecule has 216 valence electrons. The molecule has 0 radical (unpaired) electrons. The van der Waals surface area contributed by atoms with E-state index in [2.05, 4.69) is 75.6 Å². The Bertz CT molecular complexity index is 2240. The summed E-state index contributed by atoms with van der Waals surface area (Å²) in [6.45, 7) is 11.7. The average Bonchev–Trinajstić information content (AvgIpc) is 3.58. The molecule has 4 heterocycles. The summed E-state index contributed by atoms with van der Waals surface area (Å²) in [5.41, 5.74) is 1.54. The summed E-state index contributed by atoms with van der Waals surface area (Å²) in [5, 5.41) is 27.0. The van der Waals surface area contributed by atoms with Gasteiger partial charge >= 0.3 is 10.0 Å². The smallest absolute Gasteiger partial charge is 0.257 e. The van der Waals surface area contributed by atoms with Crippen molar-refractivity contribution in [3.63, 3.8) is 0 Å². The number of hydrogen-bond donors (Lipinski definition) is 3.